The summed E-state index contributed by atoms with van der Waals surface area (Å²) < 4.78 is 7.68. The van der Waals surface area contributed by atoms with Crippen molar-refractivity contribution in [3.05, 3.63) is 65.6 Å². The van der Waals surface area contributed by atoms with Gasteiger partial charge in [-0.05, 0) is 60.3 Å². The summed E-state index contributed by atoms with van der Waals surface area (Å²) in [6, 6.07) is 9.60. The number of halogens is 3. The zero-order valence-electron chi connectivity index (χ0n) is 28.2. The summed E-state index contributed by atoms with van der Waals surface area (Å²) in [6.07, 6.45) is 1.37. The Morgan fingerprint density at radius 2 is 1.18 bits per heavy atom. The molecule has 15 heteroatoms. The summed E-state index contributed by atoms with van der Waals surface area (Å²) in [5, 5.41) is 36.8. The first-order valence-electron chi connectivity index (χ1n) is 14.7. The molecule has 0 amide bonds. The summed E-state index contributed by atoms with van der Waals surface area (Å²) >= 11 is 12.7. The molecule has 0 saturated heterocycles. The molecule has 0 heterocycles. The van der Waals surface area contributed by atoms with Gasteiger partial charge in [-0.25, -0.2) is 0 Å². The van der Waals surface area contributed by atoms with Crippen LogP contribution in [-0.4, -0.2) is 57.0 Å². The Kier molecular flexibility index (Phi) is 18.6. The van der Waals surface area contributed by atoms with Crippen LogP contribution >= 0.6 is 42.9 Å². The Labute approximate surface area is 292 Å². The molecule has 0 unspecified atom stereocenters. The third kappa shape index (κ3) is 16.7. The molecule has 2 rings (SSSR count). The number of aliphatic hydroxyl groups excluding tert-OH is 1. The van der Waals surface area contributed by atoms with E-state index in [9.17, 15) is 20.2 Å². The van der Waals surface area contributed by atoms with Crippen LogP contribution in [0.25, 0.3) is 0 Å². The van der Waals surface area contributed by atoms with Gasteiger partial charge in [-0.2, -0.15) is 11.1 Å². The monoisotopic (exact) mass is 812 g/mol. The first-order valence-corrected chi connectivity index (χ1v) is 23.2. The fourth-order valence-electron chi connectivity index (χ4n) is 2.76. The van der Waals surface area contributed by atoms with Gasteiger partial charge in [0.25, 0.3) is 11.4 Å². The number of rotatable bonds is 12. The van der Waals surface area contributed by atoms with Gasteiger partial charge in [0.2, 0.25) is 0 Å². The van der Waals surface area contributed by atoms with Gasteiger partial charge in [-0.3, -0.25) is 20.2 Å². The van der Waals surface area contributed by atoms with Crippen LogP contribution in [0.15, 0.2) is 45.3 Å². The van der Waals surface area contributed by atoms with Crippen molar-refractivity contribution in [1.82, 2.24) is 0 Å². The van der Waals surface area contributed by atoms with Crippen molar-refractivity contribution in [3.8, 4) is 0 Å². The predicted molar refractivity (Wildman–Crippen MR) is 201 cm³/mol. The molecule has 3 N–H and O–H groups in total. The quantitative estimate of drug-likeness (QED) is 0.0633. The van der Waals surface area contributed by atoms with Crippen molar-refractivity contribution < 1.29 is 19.4 Å². The standard InChI is InChI=1S/C15H25BrN2O3Si.C9H11BrN2O3.C6H15ClSi/c1-15(2,3)22(4,5)21-10-6-9-17-13-11-12(16)7-8-14(13)18(19)20;10-7-2-3-9(12(14)15)8(6-7)11-4-1-5-13;1-6(2,3)8(4,5)7/h7-8,11,17H,6,9-10H2,1-5H3;2-3,6,11,13H,1,4-5H2;1-5H3. The van der Waals surface area contributed by atoms with E-state index in [1.165, 1.54) is 12.1 Å². The minimum atomic E-state index is -1.72. The second-order valence-electron chi connectivity index (χ2n) is 13.5. The highest BCUT2D eigenvalue weighted by Crippen LogP contribution is 2.38. The van der Waals surface area contributed by atoms with Crippen molar-refractivity contribution in [2.45, 2.75) is 90.6 Å². The van der Waals surface area contributed by atoms with Crippen LogP contribution < -0.4 is 10.6 Å². The molecule has 45 heavy (non-hydrogen) atoms. The molecule has 0 aliphatic carbocycles. The van der Waals surface area contributed by atoms with E-state index in [1.807, 2.05) is 0 Å². The van der Waals surface area contributed by atoms with Crippen molar-refractivity contribution in [2.24, 2.45) is 0 Å². The molecular weight excluding hydrogens is 764 g/mol. The van der Waals surface area contributed by atoms with Crippen LogP contribution in [0.1, 0.15) is 54.4 Å². The molecule has 10 nitrogen and oxygen atoms in total. The largest absolute Gasteiger partial charge is 0.417 e. The van der Waals surface area contributed by atoms with E-state index in [-0.39, 0.29) is 27.9 Å². The molecule has 2 aromatic carbocycles. The van der Waals surface area contributed by atoms with Gasteiger partial charge in [0, 0.05) is 47.4 Å². The number of anilines is 2. The van der Waals surface area contributed by atoms with Gasteiger partial charge in [-0.15, -0.1) is 0 Å². The van der Waals surface area contributed by atoms with Gasteiger partial charge in [-0.1, -0.05) is 86.5 Å². The highest BCUT2D eigenvalue weighted by molar-refractivity contribution is 9.10. The maximum absolute atomic E-state index is 11.0. The highest BCUT2D eigenvalue weighted by Gasteiger charge is 2.36. The van der Waals surface area contributed by atoms with E-state index in [2.05, 4.69) is 110 Å². The average Bonchev–Trinajstić information content (AvgIpc) is 2.87. The van der Waals surface area contributed by atoms with Gasteiger partial charge in [0.05, 0.1) is 9.85 Å². The van der Waals surface area contributed by atoms with Crippen molar-refractivity contribution in [2.75, 3.05) is 36.9 Å². The zero-order chi connectivity index (χ0) is 35.2. The van der Waals surface area contributed by atoms with Gasteiger partial charge < -0.3 is 20.2 Å². The fourth-order valence-corrected chi connectivity index (χ4v) is 4.57. The molecule has 0 atom stereocenters. The molecule has 0 bridgehead atoms. The number of benzene rings is 2. The number of nitro benzene ring substituents is 2. The lowest BCUT2D eigenvalue weighted by Gasteiger charge is -2.36. The fraction of sp³-hybridized carbons (Fsp3) is 0.600. The number of hydrogen-bond donors (Lipinski definition) is 3. The maximum Gasteiger partial charge on any atom is 0.292 e. The number of nitrogens with zero attached hydrogens (tertiary/aromatic N) is 2. The number of hydrogen-bond acceptors (Lipinski definition) is 8. The van der Waals surface area contributed by atoms with Crippen LogP contribution in [0.3, 0.4) is 0 Å². The Bertz CT molecular complexity index is 1220. The zero-order valence-corrected chi connectivity index (χ0v) is 34.2. The first kappa shape index (κ1) is 43.4. The number of nitrogens with one attached hydrogen (secondary N) is 2. The Morgan fingerprint density at radius 3 is 1.49 bits per heavy atom. The van der Waals surface area contributed by atoms with E-state index in [1.54, 1.807) is 24.3 Å². The lowest BCUT2D eigenvalue weighted by molar-refractivity contribution is -0.384. The van der Waals surface area contributed by atoms with Crippen LogP contribution in [0.2, 0.25) is 36.3 Å². The lowest BCUT2D eigenvalue weighted by Crippen LogP contribution is -2.41. The second-order valence-corrected chi connectivity index (χ2v) is 27.4. The average molecular weight is 815 g/mol. The molecule has 0 aromatic heterocycles. The summed E-state index contributed by atoms with van der Waals surface area (Å²) in [7, 11) is -3.10. The molecule has 0 fully saturated rings. The van der Waals surface area contributed by atoms with Gasteiger partial charge in [0.1, 0.15) is 11.4 Å². The first-order chi connectivity index (χ1) is 20.4. The summed E-state index contributed by atoms with van der Waals surface area (Å²) in [4.78, 5) is 20.9. The summed E-state index contributed by atoms with van der Waals surface area (Å²) in [6.45, 7) is 23.9. The Morgan fingerprint density at radius 1 is 0.800 bits per heavy atom. The number of nitro groups is 2. The third-order valence-electron chi connectivity index (χ3n) is 7.65. The Balaban J connectivity index is 0.000000724. The van der Waals surface area contributed by atoms with Crippen LogP contribution in [0.5, 0.6) is 0 Å². The molecular formula is C30H51Br2ClN4O6Si2. The number of aliphatic hydroxyl groups is 1. The topological polar surface area (TPSA) is 140 Å². The van der Waals surface area contributed by atoms with Crippen molar-refractivity contribution >= 4 is 81.4 Å². The van der Waals surface area contributed by atoms with Crippen molar-refractivity contribution in [3.63, 3.8) is 0 Å². The smallest absolute Gasteiger partial charge is 0.292 e. The second kappa shape index (κ2) is 19.3. The molecule has 0 radical (unpaired) electrons. The normalized spacial score (nSPS) is 11.9. The van der Waals surface area contributed by atoms with E-state index in [0.717, 1.165) is 15.4 Å². The van der Waals surface area contributed by atoms with E-state index < -0.39 is 20.6 Å². The van der Waals surface area contributed by atoms with E-state index >= 15 is 0 Å². The van der Waals surface area contributed by atoms with E-state index in [0.29, 0.717) is 42.5 Å². The van der Waals surface area contributed by atoms with E-state index in [4.69, 9.17) is 20.6 Å². The molecule has 0 aliphatic rings. The van der Waals surface area contributed by atoms with Crippen LogP contribution in [0, 0.1) is 20.2 Å². The summed E-state index contributed by atoms with van der Waals surface area (Å²) in [5.41, 5.74) is 1.12. The minimum Gasteiger partial charge on any atom is -0.417 e. The molecule has 0 saturated carbocycles. The Hall–Kier alpha value is -1.56. The van der Waals surface area contributed by atoms with Crippen LogP contribution in [-0.2, 0) is 4.43 Å². The van der Waals surface area contributed by atoms with Crippen LogP contribution in [0.4, 0.5) is 22.7 Å². The molecule has 0 spiro atoms. The maximum atomic E-state index is 11.0. The highest BCUT2D eigenvalue weighted by atomic mass is 79.9. The SMILES string of the molecule is CC(C)(C)[Si](C)(C)Cl.CC(C)(C)[Si](C)(C)OCCCNc1cc(Br)ccc1[N+](=O)[O-].O=[N+]([O-])c1ccc(Br)cc1NCCCO. The lowest BCUT2D eigenvalue weighted by atomic mass is 10.2. The van der Waals surface area contributed by atoms with Gasteiger partial charge >= 0.3 is 0 Å². The minimum absolute atomic E-state index is 0.0381. The molecule has 0 aliphatic heterocycles. The van der Waals surface area contributed by atoms with Crippen molar-refractivity contribution in [1.29, 1.82) is 0 Å². The molecule has 256 valence electrons. The summed E-state index contributed by atoms with van der Waals surface area (Å²) in [5.74, 6) is 0. The van der Waals surface area contributed by atoms with Gasteiger partial charge in [0.15, 0.2) is 15.7 Å². The third-order valence-corrected chi connectivity index (χ3v) is 18.4. The molecule has 2 aromatic rings. The predicted octanol–water partition coefficient (Wildman–Crippen LogP) is 10.6.